The van der Waals surface area contributed by atoms with Crippen molar-refractivity contribution in [3.8, 4) is 0 Å². The Bertz CT molecular complexity index is 593. The fraction of sp³-hybridized carbons (Fsp3) is 0.500. The van der Waals surface area contributed by atoms with Crippen LogP contribution in [0.5, 0.6) is 0 Å². The van der Waals surface area contributed by atoms with Crippen LogP contribution in [0.15, 0.2) is 33.9 Å². The molecule has 0 fully saturated rings. The number of carbonyl (C=O) groups excluding carboxylic acids is 1. The average molecular weight is 329 g/mol. The Hall–Kier alpha value is -1.18. The van der Waals surface area contributed by atoms with Crippen molar-refractivity contribution < 1.29 is 17.9 Å². The number of nitrogens with zero attached hydrogens (tertiary/aromatic N) is 1. The van der Waals surface area contributed by atoms with E-state index in [1.807, 2.05) is 0 Å². The minimum atomic E-state index is -3.59. The van der Waals surface area contributed by atoms with Crippen LogP contribution in [-0.2, 0) is 19.6 Å². The molecule has 0 bridgehead atoms. The first-order valence-corrected chi connectivity index (χ1v) is 9.12. The van der Waals surface area contributed by atoms with Gasteiger partial charge in [-0.05, 0) is 36.6 Å². The quantitative estimate of drug-likeness (QED) is 0.593. The number of hydrogen-bond donors (Lipinski definition) is 0. The van der Waals surface area contributed by atoms with E-state index in [2.05, 4.69) is 12.2 Å². The number of allylic oxidation sites excluding steroid dienone is 2. The average Bonchev–Trinajstić information content (AvgIpc) is 3.01. The Balaban J connectivity index is 1.83. The summed E-state index contributed by atoms with van der Waals surface area (Å²) in [5.74, 6) is -0.162. The minimum Gasteiger partial charge on any atom is -0.464 e. The van der Waals surface area contributed by atoms with Gasteiger partial charge in [0.25, 0.3) is 10.0 Å². The third-order valence-electron chi connectivity index (χ3n) is 3.37. The van der Waals surface area contributed by atoms with Crippen molar-refractivity contribution in [2.24, 2.45) is 5.92 Å². The summed E-state index contributed by atoms with van der Waals surface area (Å²) in [7, 11) is -2.21. The molecule has 21 heavy (non-hydrogen) atoms. The van der Waals surface area contributed by atoms with Gasteiger partial charge in [-0.2, -0.15) is 4.31 Å². The maximum absolute atomic E-state index is 12.2. The van der Waals surface area contributed by atoms with Crippen molar-refractivity contribution in [2.45, 2.75) is 23.5 Å². The van der Waals surface area contributed by atoms with E-state index in [-0.39, 0.29) is 10.8 Å². The van der Waals surface area contributed by atoms with E-state index < -0.39 is 16.0 Å². The van der Waals surface area contributed by atoms with Gasteiger partial charge in [0.1, 0.15) is 10.8 Å². The van der Waals surface area contributed by atoms with Gasteiger partial charge in [-0.25, -0.2) is 8.42 Å². The Morgan fingerprint density at radius 2 is 2.29 bits per heavy atom. The van der Waals surface area contributed by atoms with E-state index in [0.717, 1.165) is 34.9 Å². The van der Waals surface area contributed by atoms with Gasteiger partial charge in [0.2, 0.25) is 0 Å². The Kier molecular flexibility index (Phi) is 5.55. The minimum absolute atomic E-state index is 0.232. The normalized spacial score (nSPS) is 18.9. The molecule has 1 heterocycles. The summed E-state index contributed by atoms with van der Waals surface area (Å²) in [6, 6.07) is 3.19. The molecule has 1 aromatic rings. The lowest BCUT2D eigenvalue weighted by Gasteiger charge is -2.19. The molecule has 0 spiro atoms. The van der Waals surface area contributed by atoms with Crippen LogP contribution in [-0.4, -0.2) is 38.9 Å². The topological polar surface area (TPSA) is 63.7 Å². The molecule has 1 unspecified atom stereocenters. The molecule has 2 rings (SSSR count). The van der Waals surface area contributed by atoms with Crippen molar-refractivity contribution in [3.05, 3.63) is 29.7 Å². The van der Waals surface area contributed by atoms with E-state index in [1.165, 1.54) is 13.1 Å². The molecule has 0 aromatic carbocycles. The number of esters is 1. The zero-order valence-corrected chi connectivity index (χ0v) is 13.5. The van der Waals surface area contributed by atoms with Gasteiger partial charge >= 0.3 is 5.97 Å². The maximum atomic E-state index is 12.2. The molecule has 1 aromatic heterocycles. The van der Waals surface area contributed by atoms with Gasteiger partial charge in [0, 0.05) is 7.05 Å². The van der Waals surface area contributed by atoms with E-state index in [1.54, 1.807) is 11.4 Å². The number of ether oxygens (including phenoxy) is 1. The first-order chi connectivity index (χ1) is 10.00. The standard InChI is InChI=1S/C14H19NO4S2/c1-15(21(17,18)14-8-5-9-20-14)10-13(16)19-11-12-6-3-2-4-7-12/h2-3,5,8-9,12H,4,6-7,10-11H2,1H3. The Morgan fingerprint density at radius 3 is 2.90 bits per heavy atom. The maximum Gasteiger partial charge on any atom is 0.321 e. The zero-order chi connectivity index (χ0) is 15.3. The van der Waals surface area contributed by atoms with Gasteiger partial charge in [-0.1, -0.05) is 18.2 Å². The van der Waals surface area contributed by atoms with Gasteiger partial charge in [0.05, 0.1) is 6.61 Å². The van der Waals surface area contributed by atoms with E-state index >= 15 is 0 Å². The first-order valence-electron chi connectivity index (χ1n) is 6.80. The lowest BCUT2D eigenvalue weighted by Crippen LogP contribution is -2.33. The number of carbonyl (C=O) groups is 1. The number of likely N-dealkylation sites (N-methyl/N-ethyl adjacent to an activating group) is 1. The lowest BCUT2D eigenvalue weighted by atomic mass is 9.95. The van der Waals surface area contributed by atoms with Crippen LogP contribution in [0.4, 0.5) is 0 Å². The zero-order valence-electron chi connectivity index (χ0n) is 11.9. The molecule has 1 aliphatic rings. The molecule has 116 valence electrons. The number of thiophene rings is 1. The largest absolute Gasteiger partial charge is 0.464 e. The molecule has 1 aliphatic carbocycles. The highest BCUT2D eigenvalue weighted by Crippen LogP contribution is 2.20. The van der Waals surface area contributed by atoms with Gasteiger partial charge in [0.15, 0.2) is 0 Å². The summed E-state index contributed by atoms with van der Waals surface area (Å²) in [4.78, 5) is 11.8. The predicted octanol–water partition coefficient (Wildman–Crippen LogP) is 2.27. The molecule has 7 heteroatoms. The molecule has 0 N–H and O–H groups in total. The first kappa shape index (κ1) is 16.2. The summed E-state index contributed by atoms with van der Waals surface area (Å²) in [6.07, 6.45) is 7.15. The molecule has 0 amide bonds. The molecule has 0 saturated heterocycles. The van der Waals surface area contributed by atoms with Gasteiger partial charge in [-0.3, -0.25) is 4.79 Å². The third kappa shape index (κ3) is 4.39. The molecule has 0 saturated carbocycles. The summed E-state index contributed by atoms with van der Waals surface area (Å²) in [6.45, 7) is 0.0961. The SMILES string of the molecule is CN(CC(=O)OCC1CC=CCC1)S(=O)(=O)c1cccs1. The van der Waals surface area contributed by atoms with Crippen LogP contribution in [0.25, 0.3) is 0 Å². The highest BCUT2D eigenvalue weighted by atomic mass is 32.2. The second kappa shape index (κ2) is 7.20. The predicted molar refractivity (Wildman–Crippen MR) is 81.6 cm³/mol. The van der Waals surface area contributed by atoms with Crippen LogP contribution < -0.4 is 0 Å². The second-order valence-electron chi connectivity index (χ2n) is 5.03. The smallest absolute Gasteiger partial charge is 0.321 e. The highest BCUT2D eigenvalue weighted by molar-refractivity contribution is 7.91. The number of rotatable bonds is 6. The molecule has 5 nitrogen and oxygen atoms in total. The van der Waals surface area contributed by atoms with Crippen molar-refractivity contribution in [2.75, 3.05) is 20.2 Å². The lowest BCUT2D eigenvalue weighted by molar-refractivity contribution is -0.145. The number of hydrogen-bond acceptors (Lipinski definition) is 5. The summed E-state index contributed by atoms with van der Waals surface area (Å²) in [5, 5.41) is 1.69. The van der Waals surface area contributed by atoms with Crippen molar-refractivity contribution in [1.29, 1.82) is 0 Å². The molecular formula is C14H19NO4S2. The van der Waals surface area contributed by atoms with Crippen molar-refractivity contribution >= 4 is 27.3 Å². The summed E-state index contributed by atoms with van der Waals surface area (Å²) < 4.78 is 30.8. The molecule has 0 radical (unpaired) electrons. The van der Waals surface area contributed by atoms with Gasteiger partial charge in [-0.15, -0.1) is 11.3 Å². The van der Waals surface area contributed by atoms with Crippen LogP contribution in [0.3, 0.4) is 0 Å². The monoisotopic (exact) mass is 329 g/mol. The molecule has 0 aliphatic heterocycles. The van der Waals surface area contributed by atoms with Crippen LogP contribution in [0.1, 0.15) is 19.3 Å². The van der Waals surface area contributed by atoms with Crippen LogP contribution in [0.2, 0.25) is 0 Å². The van der Waals surface area contributed by atoms with Gasteiger partial charge < -0.3 is 4.74 Å². The van der Waals surface area contributed by atoms with E-state index in [0.29, 0.717) is 12.5 Å². The van der Waals surface area contributed by atoms with Crippen LogP contribution >= 0.6 is 11.3 Å². The van der Waals surface area contributed by atoms with E-state index in [4.69, 9.17) is 4.74 Å². The summed E-state index contributed by atoms with van der Waals surface area (Å²) in [5.41, 5.74) is 0. The van der Waals surface area contributed by atoms with E-state index in [9.17, 15) is 13.2 Å². The van der Waals surface area contributed by atoms with Crippen molar-refractivity contribution in [3.63, 3.8) is 0 Å². The number of sulfonamides is 1. The molecular weight excluding hydrogens is 310 g/mol. The molecule has 1 atom stereocenters. The van der Waals surface area contributed by atoms with Crippen molar-refractivity contribution in [1.82, 2.24) is 4.31 Å². The fourth-order valence-corrected chi connectivity index (χ4v) is 4.41. The fourth-order valence-electron chi connectivity index (χ4n) is 2.09. The second-order valence-corrected chi connectivity index (χ2v) is 8.25. The third-order valence-corrected chi connectivity index (χ3v) is 6.55. The Labute approximate surface area is 129 Å². The Morgan fingerprint density at radius 1 is 1.48 bits per heavy atom. The highest BCUT2D eigenvalue weighted by Gasteiger charge is 2.24. The van der Waals surface area contributed by atoms with Crippen LogP contribution in [0, 0.1) is 5.92 Å². The summed E-state index contributed by atoms with van der Waals surface area (Å²) >= 11 is 1.13.